The van der Waals surface area contributed by atoms with E-state index in [9.17, 15) is 5.11 Å². The van der Waals surface area contributed by atoms with E-state index in [2.05, 4.69) is 60.7 Å². The normalized spacial score (nSPS) is 17.9. The molecule has 1 N–H and O–H groups in total. The molecule has 1 heteroatoms. The predicted octanol–water partition coefficient (Wildman–Crippen LogP) is 3.61. The van der Waals surface area contributed by atoms with Gasteiger partial charge in [0.2, 0.25) is 0 Å². The lowest BCUT2D eigenvalue weighted by atomic mass is 9.61. The monoisotopic (exact) mass is 252 g/mol. The van der Waals surface area contributed by atoms with Crippen LogP contribution in [0.15, 0.2) is 60.7 Å². The Morgan fingerprint density at radius 3 is 1.58 bits per heavy atom. The van der Waals surface area contributed by atoms with E-state index >= 15 is 0 Å². The van der Waals surface area contributed by atoms with Gasteiger partial charge in [-0.15, -0.1) is 0 Å². The van der Waals surface area contributed by atoms with Gasteiger partial charge in [-0.2, -0.15) is 0 Å². The molecule has 1 aliphatic rings. The zero-order valence-electron chi connectivity index (χ0n) is 11.1. The molecule has 0 heterocycles. The predicted molar refractivity (Wildman–Crippen MR) is 78.0 cm³/mol. The lowest BCUT2D eigenvalue weighted by Gasteiger charge is -2.46. The van der Waals surface area contributed by atoms with Crippen molar-refractivity contribution in [3.63, 3.8) is 0 Å². The summed E-state index contributed by atoms with van der Waals surface area (Å²) in [6.07, 6.45) is 3.89. The van der Waals surface area contributed by atoms with E-state index in [1.807, 2.05) is 0 Å². The molecule has 0 aliphatic heterocycles. The Balaban J connectivity index is 1.76. The van der Waals surface area contributed by atoms with Crippen LogP contribution in [0, 0.1) is 5.41 Å². The molecular weight excluding hydrogens is 232 g/mol. The molecule has 0 unspecified atom stereocenters. The zero-order valence-corrected chi connectivity index (χ0v) is 11.1. The van der Waals surface area contributed by atoms with Crippen LogP contribution in [0.4, 0.5) is 0 Å². The van der Waals surface area contributed by atoms with Crippen molar-refractivity contribution in [2.24, 2.45) is 5.41 Å². The van der Waals surface area contributed by atoms with Crippen molar-refractivity contribution in [1.29, 1.82) is 0 Å². The van der Waals surface area contributed by atoms with Crippen molar-refractivity contribution in [3.8, 4) is 0 Å². The molecule has 0 bridgehead atoms. The summed E-state index contributed by atoms with van der Waals surface area (Å²) in [4.78, 5) is 0. The topological polar surface area (TPSA) is 20.2 Å². The highest BCUT2D eigenvalue weighted by Gasteiger charge is 2.43. The average molecular weight is 252 g/mol. The van der Waals surface area contributed by atoms with Crippen LogP contribution in [-0.4, -0.2) is 11.2 Å². The highest BCUT2D eigenvalue weighted by Crippen LogP contribution is 2.46. The van der Waals surface area contributed by atoms with Crippen LogP contribution in [-0.2, 0) is 12.8 Å². The van der Waals surface area contributed by atoms with Gasteiger partial charge in [0, 0.05) is 0 Å². The maximum atomic E-state index is 9.74. The quantitative estimate of drug-likeness (QED) is 0.881. The van der Waals surface area contributed by atoms with Gasteiger partial charge in [-0.25, -0.2) is 0 Å². The molecule has 1 aliphatic carbocycles. The first kappa shape index (κ1) is 12.4. The number of hydrogen-bond donors (Lipinski definition) is 1. The lowest BCUT2D eigenvalue weighted by Crippen LogP contribution is -2.44. The van der Waals surface area contributed by atoms with E-state index in [0.717, 1.165) is 25.7 Å². The Hall–Kier alpha value is -1.60. The molecule has 1 fully saturated rings. The van der Waals surface area contributed by atoms with Crippen LogP contribution in [0.3, 0.4) is 0 Å². The minimum Gasteiger partial charge on any atom is -0.393 e. The SMILES string of the molecule is OC1CC(Cc2ccccc2)(Cc2ccccc2)C1. The van der Waals surface area contributed by atoms with E-state index in [1.165, 1.54) is 11.1 Å². The highest BCUT2D eigenvalue weighted by molar-refractivity contribution is 5.22. The van der Waals surface area contributed by atoms with Crippen molar-refractivity contribution in [3.05, 3.63) is 71.8 Å². The Morgan fingerprint density at radius 2 is 1.21 bits per heavy atom. The summed E-state index contributed by atoms with van der Waals surface area (Å²) < 4.78 is 0. The summed E-state index contributed by atoms with van der Waals surface area (Å²) in [5.74, 6) is 0. The average Bonchev–Trinajstić information content (AvgIpc) is 2.39. The van der Waals surface area contributed by atoms with E-state index < -0.39 is 0 Å². The van der Waals surface area contributed by atoms with Crippen molar-refractivity contribution >= 4 is 0 Å². The van der Waals surface area contributed by atoms with Crippen LogP contribution in [0.25, 0.3) is 0 Å². The molecule has 2 aromatic rings. The minimum absolute atomic E-state index is 0.104. The second-order valence-corrected chi connectivity index (χ2v) is 5.89. The summed E-state index contributed by atoms with van der Waals surface area (Å²) in [5.41, 5.74) is 3.01. The van der Waals surface area contributed by atoms with Gasteiger partial charge >= 0.3 is 0 Å². The third-order valence-corrected chi connectivity index (χ3v) is 4.18. The van der Waals surface area contributed by atoms with Gasteiger partial charge in [-0.3, -0.25) is 0 Å². The van der Waals surface area contributed by atoms with Crippen molar-refractivity contribution in [2.75, 3.05) is 0 Å². The summed E-state index contributed by atoms with van der Waals surface area (Å²) in [6.45, 7) is 0. The van der Waals surface area contributed by atoms with Crippen LogP contribution in [0.1, 0.15) is 24.0 Å². The van der Waals surface area contributed by atoms with Crippen molar-refractivity contribution < 1.29 is 5.11 Å². The van der Waals surface area contributed by atoms with E-state index in [0.29, 0.717) is 0 Å². The number of aliphatic hydroxyl groups is 1. The molecule has 0 atom stereocenters. The third-order valence-electron chi connectivity index (χ3n) is 4.18. The van der Waals surface area contributed by atoms with Crippen molar-refractivity contribution in [1.82, 2.24) is 0 Å². The van der Waals surface area contributed by atoms with Gasteiger partial charge in [0.25, 0.3) is 0 Å². The zero-order chi connectivity index (χ0) is 13.1. The van der Waals surface area contributed by atoms with Gasteiger partial charge in [0.05, 0.1) is 6.10 Å². The Morgan fingerprint density at radius 1 is 0.789 bits per heavy atom. The fraction of sp³-hybridized carbons (Fsp3) is 0.333. The minimum atomic E-state index is -0.104. The molecule has 0 amide bonds. The highest BCUT2D eigenvalue weighted by atomic mass is 16.3. The van der Waals surface area contributed by atoms with E-state index in [1.54, 1.807) is 0 Å². The first-order valence-electron chi connectivity index (χ1n) is 7.02. The molecular formula is C18H20O. The van der Waals surface area contributed by atoms with Gasteiger partial charge in [-0.05, 0) is 42.2 Å². The van der Waals surface area contributed by atoms with Crippen molar-refractivity contribution in [2.45, 2.75) is 31.8 Å². The van der Waals surface area contributed by atoms with Gasteiger partial charge in [0.15, 0.2) is 0 Å². The molecule has 1 saturated carbocycles. The molecule has 1 nitrogen and oxygen atoms in total. The van der Waals surface area contributed by atoms with Gasteiger partial charge in [0.1, 0.15) is 0 Å². The number of aliphatic hydroxyl groups excluding tert-OH is 1. The summed E-state index contributed by atoms with van der Waals surface area (Å²) in [7, 11) is 0. The largest absolute Gasteiger partial charge is 0.393 e. The maximum absolute atomic E-state index is 9.74. The second-order valence-electron chi connectivity index (χ2n) is 5.89. The van der Waals surface area contributed by atoms with Crippen LogP contribution in [0.5, 0.6) is 0 Å². The number of hydrogen-bond acceptors (Lipinski definition) is 1. The summed E-state index contributed by atoms with van der Waals surface area (Å²) >= 11 is 0. The van der Waals surface area contributed by atoms with E-state index in [-0.39, 0.29) is 11.5 Å². The van der Waals surface area contributed by atoms with Gasteiger partial charge < -0.3 is 5.11 Å². The molecule has 2 aromatic carbocycles. The lowest BCUT2D eigenvalue weighted by molar-refractivity contribution is -0.0317. The molecule has 0 spiro atoms. The van der Waals surface area contributed by atoms with Gasteiger partial charge in [-0.1, -0.05) is 60.7 Å². The molecule has 0 aromatic heterocycles. The maximum Gasteiger partial charge on any atom is 0.0551 e. The molecule has 98 valence electrons. The Kier molecular flexibility index (Phi) is 3.39. The first-order chi connectivity index (χ1) is 9.26. The summed E-state index contributed by atoms with van der Waals surface area (Å²) in [6, 6.07) is 21.3. The van der Waals surface area contributed by atoms with Crippen LogP contribution >= 0.6 is 0 Å². The van der Waals surface area contributed by atoms with Crippen LogP contribution < -0.4 is 0 Å². The fourth-order valence-electron chi connectivity index (χ4n) is 3.35. The molecule has 19 heavy (non-hydrogen) atoms. The van der Waals surface area contributed by atoms with E-state index in [4.69, 9.17) is 0 Å². The second kappa shape index (κ2) is 5.18. The standard InChI is InChI=1S/C18H20O/c19-17-13-18(14-17,11-15-7-3-1-4-8-15)12-16-9-5-2-6-10-16/h1-10,17,19H,11-14H2. The Bertz CT molecular complexity index is 468. The van der Waals surface area contributed by atoms with Crippen LogP contribution in [0.2, 0.25) is 0 Å². The third kappa shape index (κ3) is 2.87. The number of benzene rings is 2. The molecule has 0 saturated heterocycles. The number of rotatable bonds is 4. The molecule has 3 rings (SSSR count). The Labute approximate surface area is 114 Å². The fourth-order valence-corrected chi connectivity index (χ4v) is 3.35. The summed E-state index contributed by atoms with van der Waals surface area (Å²) in [5, 5.41) is 9.74. The first-order valence-corrected chi connectivity index (χ1v) is 7.02. The molecule has 0 radical (unpaired) electrons. The smallest absolute Gasteiger partial charge is 0.0551 e.